The van der Waals surface area contributed by atoms with Gasteiger partial charge < -0.3 is 14.6 Å². The molecule has 5 rings (SSSR count). The van der Waals surface area contributed by atoms with Gasteiger partial charge in [-0.15, -0.1) is 0 Å². The monoisotopic (exact) mass is 484 g/mol. The molecule has 1 aliphatic heterocycles. The number of methoxy groups -OCH3 is 1. The Morgan fingerprint density at radius 2 is 1.75 bits per heavy atom. The Morgan fingerprint density at radius 3 is 2.44 bits per heavy atom. The van der Waals surface area contributed by atoms with Crippen LogP contribution in [0.25, 0.3) is 17.0 Å². The van der Waals surface area contributed by atoms with Crippen molar-refractivity contribution in [2.75, 3.05) is 7.11 Å². The fraction of sp³-hybridized carbons (Fsp3) is 0.179. The van der Waals surface area contributed by atoms with Crippen LogP contribution in [0.2, 0.25) is 0 Å². The molecule has 2 heterocycles. The standard InChI is InChI=1S/C28H25FN4O3/c1-17-6-4-5-7-21(17)16-33-18(2)24(25(30-28(33)34)19-8-12-22(29)13-9-19)27-31-26(32-36-27)20-10-14-23(35-3)15-11-20/h4-15,25H,16H2,1-3H3,(H,30,34). The zero-order valence-electron chi connectivity index (χ0n) is 20.2. The summed E-state index contributed by atoms with van der Waals surface area (Å²) in [6.07, 6.45) is 0. The van der Waals surface area contributed by atoms with Crippen LogP contribution >= 0.6 is 0 Å². The fourth-order valence-corrected chi connectivity index (χ4v) is 4.30. The second-order valence-corrected chi connectivity index (χ2v) is 8.60. The summed E-state index contributed by atoms with van der Waals surface area (Å²) < 4.78 is 24.6. The summed E-state index contributed by atoms with van der Waals surface area (Å²) >= 11 is 0. The van der Waals surface area contributed by atoms with Gasteiger partial charge in [-0.2, -0.15) is 4.98 Å². The smallest absolute Gasteiger partial charge is 0.322 e. The zero-order valence-corrected chi connectivity index (χ0v) is 20.2. The molecule has 0 saturated heterocycles. The number of benzene rings is 3. The number of hydrogen-bond donors (Lipinski definition) is 1. The lowest BCUT2D eigenvalue weighted by Gasteiger charge is -2.35. The van der Waals surface area contributed by atoms with Gasteiger partial charge in [-0.3, -0.25) is 4.90 Å². The number of aryl methyl sites for hydroxylation is 1. The van der Waals surface area contributed by atoms with Crippen molar-refractivity contribution in [1.82, 2.24) is 20.4 Å². The van der Waals surface area contributed by atoms with Crippen molar-refractivity contribution in [3.8, 4) is 17.1 Å². The van der Waals surface area contributed by atoms with Crippen molar-refractivity contribution >= 4 is 11.6 Å². The minimum Gasteiger partial charge on any atom is -0.497 e. The van der Waals surface area contributed by atoms with E-state index in [2.05, 4.69) is 15.5 Å². The highest BCUT2D eigenvalue weighted by molar-refractivity contribution is 5.87. The first-order valence-electron chi connectivity index (χ1n) is 11.5. The van der Waals surface area contributed by atoms with Gasteiger partial charge in [0.2, 0.25) is 5.82 Å². The third-order valence-electron chi connectivity index (χ3n) is 6.39. The van der Waals surface area contributed by atoms with E-state index in [0.29, 0.717) is 29.2 Å². The first-order valence-corrected chi connectivity index (χ1v) is 11.5. The molecule has 8 heteroatoms. The molecule has 0 aliphatic carbocycles. The van der Waals surface area contributed by atoms with Gasteiger partial charge in [0.1, 0.15) is 11.6 Å². The number of ether oxygens (including phenoxy) is 1. The third kappa shape index (κ3) is 4.45. The minimum absolute atomic E-state index is 0.260. The Labute approximate surface area is 208 Å². The van der Waals surface area contributed by atoms with E-state index >= 15 is 0 Å². The van der Waals surface area contributed by atoms with Crippen molar-refractivity contribution in [2.45, 2.75) is 26.4 Å². The Bertz CT molecular complexity index is 1430. The van der Waals surface area contributed by atoms with Gasteiger partial charge in [-0.05, 0) is 66.9 Å². The summed E-state index contributed by atoms with van der Waals surface area (Å²) in [6, 6.07) is 20.4. The molecule has 1 unspecified atom stereocenters. The number of urea groups is 1. The Morgan fingerprint density at radius 1 is 1.03 bits per heavy atom. The predicted octanol–water partition coefficient (Wildman–Crippen LogP) is 5.89. The molecule has 4 aromatic rings. The van der Waals surface area contributed by atoms with Crippen molar-refractivity contribution < 1.29 is 18.4 Å². The molecule has 1 N–H and O–H groups in total. The van der Waals surface area contributed by atoms with Gasteiger partial charge in [0.15, 0.2) is 0 Å². The van der Waals surface area contributed by atoms with Crippen LogP contribution < -0.4 is 10.1 Å². The van der Waals surface area contributed by atoms with Gasteiger partial charge in [0.05, 0.1) is 25.3 Å². The van der Waals surface area contributed by atoms with Crippen molar-refractivity contribution in [3.05, 3.63) is 107 Å². The van der Waals surface area contributed by atoms with Crippen molar-refractivity contribution in [1.29, 1.82) is 0 Å². The predicted molar refractivity (Wildman–Crippen MR) is 133 cm³/mol. The van der Waals surface area contributed by atoms with Gasteiger partial charge in [0, 0.05) is 11.3 Å². The van der Waals surface area contributed by atoms with E-state index in [1.807, 2.05) is 62.4 Å². The molecule has 1 atom stereocenters. The second-order valence-electron chi connectivity index (χ2n) is 8.60. The van der Waals surface area contributed by atoms with E-state index in [0.717, 1.165) is 22.4 Å². The van der Waals surface area contributed by atoms with Crippen molar-refractivity contribution in [2.24, 2.45) is 0 Å². The number of aromatic nitrogens is 2. The molecular formula is C28H25FN4O3. The molecule has 182 valence electrons. The number of carbonyl (C=O) groups is 1. The second kappa shape index (κ2) is 9.65. The number of hydrogen-bond acceptors (Lipinski definition) is 5. The highest BCUT2D eigenvalue weighted by atomic mass is 19.1. The van der Waals surface area contributed by atoms with E-state index in [1.54, 1.807) is 24.1 Å². The molecular weight excluding hydrogens is 459 g/mol. The largest absolute Gasteiger partial charge is 0.497 e. The van der Waals surface area contributed by atoms with Crippen LogP contribution in [0, 0.1) is 12.7 Å². The number of nitrogens with one attached hydrogen (secondary N) is 1. The molecule has 1 aliphatic rings. The van der Waals surface area contributed by atoms with Crippen LogP contribution in [0.15, 0.2) is 83.0 Å². The number of carbonyl (C=O) groups excluding carboxylic acids is 1. The minimum atomic E-state index is -0.588. The topological polar surface area (TPSA) is 80.5 Å². The summed E-state index contributed by atoms with van der Waals surface area (Å²) in [4.78, 5) is 19.6. The summed E-state index contributed by atoms with van der Waals surface area (Å²) in [5.74, 6) is 1.05. The Hall–Kier alpha value is -4.46. The molecule has 3 aromatic carbocycles. The summed E-state index contributed by atoms with van der Waals surface area (Å²) in [6.45, 7) is 4.25. The number of rotatable bonds is 6. The number of amides is 2. The maximum Gasteiger partial charge on any atom is 0.322 e. The first kappa shape index (κ1) is 23.3. The number of nitrogens with zero attached hydrogens (tertiary/aromatic N) is 3. The quantitative estimate of drug-likeness (QED) is 0.369. The van der Waals surface area contributed by atoms with Gasteiger partial charge in [0.25, 0.3) is 5.89 Å². The maximum atomic E-state index is 13.7. The molecule has 0 spiro atoms. The fourth-order valence-electron chi connectivity index (χ4n) is 4.30. The molecule has 0 bridgehead atoms. The number of allylic oxidation sites excluding steroid dienone is 1. The van der Waals surface area contributed by atoms with Crippen LogP contribution in [0.1, 0.15) is 35.5 Å². The number of halogens is 1. The Balaban J connectivity index is 1.58. The van der Waals surface area contributed by atoms with E-state index in [4.69, 9.17) is 9.26 Å². The van der Waals surface area contributed by atoms with E-state index in [1.165, 1.54) is 12.1 Å². The van der Waals surface area contributed by atoms with Crippen LogP contribution in [-0.4, -0.2) is 28.2 Å². The van der Waals surface area contributed by atoms with Gasteiger partial charge in [-0.1, -0.05) is 41.6 Å². The zero-order chi connectivity index (χ0) is 25.2. The lowest BCUT2D eigenvalue weighted by atomic mass is 9.94. The van der Waals surface area contributed by atoms with E-state index in [-0.39, 0.29) is 17.7 Å². The molecule has 0 radical (unpaired) electrons. The van der Waals surface area contributed by atoms with Crippen LogP contribution in [-0.2, 0) is 6.54 Å². The molecule has 0 fully saturated rings. The lowest BCUT2D eigenvalue weighted by Crippen LogP contribution is -2.45. The SMILES string of the molecule is COc1ccc(-c2noc(C3=C(C)N(Cc4ccccc4C)C(=O)NC3c3ccc(F)cc3)n2)cc1. The average Bonchev–Trinajstić information content (AvgIpc) is 3.37. The Kier molecular flexibility index (Phi) is 6.25. The van der Waals surface area contributed by atoms with Crippen LogP contribution in [0.5, 0.6) is 5.75 Å². The molecule has 36 heavy (non-hydrogen) atoms. The highest BCUT2D eigenvalue weighted by Gasteiger charge is 2.36. The molecule has 0 saturated carbocycles. The summed E-state index contributed by atoms with van der Waals surface area (Å²) in [7, 11) is 1.60. The molecule has 2 amide bonds. The highest BCUT2D eigenvalue weighted by Crippen LogP contribution is 2.38. The molecule has 1 aromatic heterocycles. The molecule has 7 nitrogen and oxygen atoms in total. The van der Waals surface area contributed by atoms with Crippen LogP contribution in [0.3, 0.4) is 0 Å². The maximum absolute atomic E-state index is 13.7. The normalized spacial score (nSPS) is 15.7. The van der Waals surface area contributed by atoms with E-state index in [9.17, 15) is 9.18 Å². The summed E-state index contributed by atoms with van der Waals surface area (Å²) in [5, 5.41) is 7.23. The van der Waals surface area contributed by atoms with Crippen molar-refractivity contribution in [3.63, 3.8) is 0 Å². The van der Waals surface area contributed by atoms with Crippen LogP contribution in [0.4, 0.5) is 9.18 Å². The lowest BCUT2D eigenvalue weighted by molar-refractivity contribution is 0.203. The van der Waals surface area contributed by atoms with Gasteiger partial charge >= 0.3 is 6.03 Å². The first-order chi connectivity index (χ1) is 17.4. The van der Waals surface area contributed by atoms with E-state index < -0.39 is 6.04 Å². The summed E-state index contributed by atoms with van der Waals surface area (Å²) in [5.41, 5.74) is 4.91. The average molecular weight is 485 g/mol. The van der Waals surface area contributed by atoms with Gasteiger partial charge in [-0.25, -0.2) is 9.18 Å². The third-order valence-corrected chi connectivity index (χ3v) is 6.39.